The largest absolute Gasteiger partial charge is 0.299 e. The van der Waals surface area contributed by atoms with E-state index in [0.717, 1.165) is 22.3 Å². The molecule has 3 nitrogen and oxygen atoms in total. The molecule has 6 heteroatoms. The van der Waals surface area contributed by atoms with Crippen LogP contribution in [0.3, 0.4) is 0 Å². The lowest BCUT2D eigenvalue weighted by atomic mass is 9.97. The molecule has 0 amide bonds. The van der Waals surface area contributed by atoms with E-state index in [1.165, 1.54) is 31.2 Å². The first-order chi connectivity index (χ1) is 16.8. The number of benzene rings is 3. The Bertz CT molecular complexity index is 1330. The molecule has 0 atom stereocenters. The van der Waals surface area contributed by atoms with Crippen LogP contribution in [0.25, 0.3) is 22.5 Å². The van der Waals surface area contributed by atoms with Gasteiger partial charge in [0.15, 0.2) is 0 Å². The van der Waals surface area contributed by atoms with Crippen LogP contribution in [0.4, 0.5) is 13.2 Å². The average Bonchev–Trinajstić information content (AvgIpc) is 2.85. The van der Waals surface area contributed by atoms with E-state index in [1.807, 2.05) is 31.2 Å². The topological polar surface area (TPSA) is 42.9 Å². The van der Waals surface area contributed by atoms with E-state index in [9.17, 15) is 18.0 Å². The van der Waals surface area contributed by atoms with E-state index in [4.69, 9.17) is 0 Å². The summed E-state index contributed by atoms with van der Waals surface area (Å²) in [4.78, 5) is 21.5. The number of hydrogen-bond donors (Lipinski definition) is 0. The standard InChI is InChI=1S/C29H25F3N2O/c1-3-29(31,32)23-10-6-21(7-11-23)18-25(35)17-20-4-8-22(9-5-20)27-28(34-15-14-33-27)26-13-12-24(30)16-19(26)2/h4-16H,3,17-18H2,1-2H3. The van der Waals surface area contributed by atoms with Crippen molar-refractivity contribution in [2.24, 2.45) is 0 Å². The second-order valence-corrected chi connectivity index (χ2v) is 8.56. The molecule has 0 radical (unpaired) electrons. The van der Waals surface area contributed by atoms with Crippen LogP contribution < -0.4 is 0 Å². The fourth-order valence-electron chi connectivity index (χ4n) is 4.01. The predicted octanol–water partition coefficient (Wildman–Crippen LogP) is 7.11. The molecule has 1 aromatic heterocycles. The second kappa shape index (κ2) is 10.2. The van der Waals surface area contributed by atoms with E-state index in [1.54, 1.807) is 30.6 Å². The van der Waals surface area contributed by atoms with Crippen LogP contribution >= 0.6 is 0 Å². The highest BCUT2D eigenvalue weighted by atomic mass is 19.3. The third-order valence-corrected chi connectivity index (χ3v) is 5.99. The van der Waals surface area contributed by atoms with Gasteiger partial charge in [0.2, 0.25) is 0 Å². The number of ketones is 1. The van der Waals surface area contributed by atoms with E-state index in [-0.39, 0.29) is 36.4 Å². The van der Waals surface area contributed by atoms with Gasteiger partial charge in [-0.3, -0.25) is 14.8 Å². The van der Waals surface area contributed by atoms with E-state index in [0.29, 0.717) is 17.0 Å². The first kappa shape index (κ1) is 24.3. The van der Waals surface area contributed by atoms with E-state index >= 15 is 0 Å². The molecule has 0 bridgehead atoms. The van der Waals surface area contributed by atoms with Gasteiger partial charge in [0.1, 0.15) is 11.6 Å². The Morgan fingerprint density at radius 3 is 1.97 bits per heavy atom. The minimum absolute atomic E-state index is 0.00474. The lowest BCUT2D eigenvalue weighted by Crippen LogP contribution is -2.12. The van der Waals surface area contributed by atoms with Gasteiger partial charge in [0.05, 0.1) is 11.4 Å². The maximum atomic E-state index is 13.8. The van der Waals surface area contributed by atoms with Crippen molar-refractivity contribution in [1.29, 1.82) is 0 Å². The molecule has 0 spiro atoms. The van der Waals surface area contributed by atoms with Crippen LogP contribution in [0.1, 0.15) is 35.6 Å². The van der Waals surface area contributed by atoms with Gasteiger partial charge in [-0.2, -0.15) is 0 Å². The lowest BCUT2D eigenvalue weighted by molar-refractivity contribution is -0.117. The van der Waals surface area contributed by atoms with Gasteiger partial charge in [-0.05, 0) is 41.8 Å². The maximum absolute atomic E-state index is 13.8. The van der Waals surface area contributed by atoms with E-state index in [2.05, 4.69) is 9.97 Å². The molecular formula is C29H25F3N2O. The number of nitrogens with zero attached hydrogens (tertiary/aromatic N) is 2. The van der Waals surface area contributed by atoms with Gasteiger partial charge in [0, 0.05) is 48.3 Å². The minimum atomic E-state index is -2.86. The smallest absolute Gasteiger partial charge is 0.273 e. The van der Waals surface area contributed by atoms with Crippen LogP contribution in [-0.2, 0) is 23.6 Å². The first-order valence-electron chi connectivity index (χ1n) is 11.4. The third-order valence-electron chi connectivity index (χ3n) is 5.99. The van der Waals surface area contributed by atoms with Crippen molar-refractivity contribution in [1.82, 2.24) is 9.97 Å². The highest BCUT2D eigenvalue weighted by Gasteiger charge is 2.28. The van der Waals surface area contributed by atoms with Crippen LogP contribution in [0.15, 0.2) is 79.1 Å². The van der Waals surface area contributed by atoms with Crippen molar-refractivity contribution >= 4 is 5.78 Å². The molecule has 1 heterocycles. The number of aryl methyl sites for hydroxylation is 1. The van der Waals surface area contributed by atoms with Crippen LogP contribution in [-0.4, -0.2) is 15.8 Å². The Hall–Kier alpha value is -3.80. The highest BCUT2D eigenvalue weighted by molar-refractivity contribution is 5.84. The molecule has 4 rings (SSSR count). The van der Waals surface area contributed by atoms with Gasteiger partial charge >= 0.3 is 0 Å². The molecule has 4 aromatic rings. The molecule has 3 aromatic carbocycles. The molecule has 0 aliphatic rings. The average molecular weight is 475 g/mol. The van der Waals surface area contributed by atoms with Gasteiger partial charge in [-0.1, -0.05) is 55.5 Å². The normalized spacial score (nSPS) is 11.5. The fourth-order valence-corrected chi connectivity index (χ4v) is 4.01. The Balaban J connectivity index is 1.47. The van der Waals surface area contributed by atoms with Crippen molar-refractivity contribution in [3.05, 3.63) is 107 Å². The summed E-state index contributed by atoms with van der Waals surface area (Å²) >= 11 is 0. The zero-order chi connectivity index (χ0) is 25.0. The molecule has 0 N–H and O–H groups in total. The van der Waals surface area contributed by atoms with Crippen molar-refractivity contribution in [2.45, 2.75) is 39.0 Å². The molecular weight excluding hydrogens is 449 g/mol. The van der Waals surface area contributed by atoms with Crippen LogP contribution in [0.5, 0.6) is 0 Å². The number of hydrogen-bond acceptors (Lipinski definition) is 3. The van der Waals surface area contributed by atoms with Crippen molar-refractivity contribution < 1.29 is 18.0 Å². The summed E-state index contributed by atoms with van der Waals surface area (Å²) in [6.45, 7) is 3.27. The highest BCUT2D eigenvalue weighted by Crippen LogP contribution is 2.32. The summed E-state index contributed by atoms with van der Waals surface area (Å²) < 4.78 is 41.1. The molecule has 0 aliphatic carbocycles. The summed E-state index contributed by atoms with van der Waals surface area (Å²) in [6.07, 6.45) is 3.36. The van der Waals surface area contributed by atoms with Crippen LogP contribution in [0.2, 0.25) is 0 Å². The monoisotopic (exact) mass is 474 g/mol. The summed E-state index contributed by atoms with van der Waals surface area (Å²) in [5, 5.41) is 0. The fraction of sp³-hybridized carbons (Fsp3) is 0.207. The quantitative estimate of drug-likeness (QED) is 0.273. The third kappa shape index (κ3) is 5.65. The second-order valence-electron chi connectivity index (χ2n) is 8.56. The zero-order valence-corrected chi connectivity index (χ0v) is 19.6. The molecule has 0 saturated carbocycles. The number of carbonyl (C=O) groups is 1. The zero-order valence-electron chi connectivity index (χ0n) is 19.6. The minimum Gasteiger partial charge on any atom is -0.299 e. The summed E-state index contributed by atoms with van der Waals surface area (Å²) in [7, 11) is 0. The van der Waals surface area contributed by atoms with Crippen molar-refractivity contribution in [3.63, 3.8) is 0 Å². The summed E-state index contributed by atoms with van der Waals surface area (Å²) in [6, 6.07) is 18.0. The van der Waals surface area contributed by atoms with Gasteiger partial charge in [0.25, 0.3) is 5.92 Å². The molecule has 0 fully saturated rings. The molecule has 0 aliphatic heterocycles. The number of alkyl halides is 2. The lowest BCUT2D eigenvalue weighted by Gasteiger charge is -2.14. The summed E-state index contributed by atoms with van der Waals surface area (Å²) in [5.41, 5.74) is 5.25. The van der Waals surface area contributed by atoms with E-state index < -0.39 is 5.92 Å². The number of carbonyl (C=O) groups excluding carboxylic acids is 1. The molecule has 0 saturated heterocycles. The number of aromatic nitrogens is 2. The Labute approximate surface area is 202 Å². The molecule has 0 unspecified atom stereocenters. The maximum Gasteiger partial charge on any atom is 0.273 e. The van der Waals surface area contributed by atoms with Gasteiger partial charge in [-0.25, -0.2) is 13.2 Å². The van der Waals surface area contributed by atoms with Gasteiger partial charge < -0.3 is 0 Å². The predicted molar refractivity (Wildman–Crippen MR) is 131 cm³/mol. The molecule has 35 heavy (non-hydrogen) atoms. The number of halogens is 3. The SMILES string of the molecule is CCC(F)(F)c1ccc(CC(=O)Cc2ccc(-c3nccnc3-c3ccc(F)cc3C)cc2)cc1. The van der Waals surface area contributed by atoms with Gasteiger partial charge in [-0.15, -0.1) is 0 Å². The Kier molecular flexibility index (Phi) is 7.10. The van der Waals surface area contributed by atoms with Crippen molar-refractivity contribution in [3.8, 4) is 22.5 Å². The van der Waals surface area contributed by atoms with Crippen LogP contribution in [0, 0.1) is 12.7 Å². The number of Topliss-reactive ketones (excluding diaryl/α,β-unsaturated/α-hetero) is 1. The Morgan fingerprint density at radius 1 is 0.829 bits per heavy atom. The Morgan fingerprint density at radius 2 is 1.40 bits per heavy atom. The number of rotatable bonds is 8. The first-order valence-corrected chi connectivity index (χ1v) is 11.4. The van der Waals surface area contributed by atoms with Crippen molar-refractivity contribution in [2.75, 3.05) is 0 Å². The summed E-state index contributed by atoms with van der Waals surface area (Å²) in [5.74, 6) is -3.17. The molecule has 178 valence electrons.